The van der Waals surface area contributed by atoms with Crippen LogP contribution in [0.5, 0.6) is 17.2 Å². The lowest BCUT2D eigenvalue weighted by molar-refractivity contribution is -0.138. The molecule has 3 fully saturated rings. The van der Waals surface area contributed by atoms with E-state index in [0.29, 0.717) is 22.5 Å². The summed E-state index contributed by atoms with van der Waals surface area (Å²) < 4.78 is 11.2. The minimum Gasteiger partial charge on any atom is -0.502 e. The summed E-state index contributed by atoms with van der Waals surface area (Å²) in [6, 6.07) is 28.9. The van der Waals surface area contributed by atoms with Gasteiger partial charge < -0.3 is 14.6 Å². The number of carbonyl (C=O) groups excluding carboxylic acids is 4. The van der Waals surface area contributed by atoms with Gasteiger partial charge in [0.05, 0.1) is 48.8 Å². The Morgan fingerprint density at radius 2 is 1.41 bits per heavy atom. The Hall–Kier alpha value is -5.90. The maximum atomic E-state index is 15.3. The number of hydrazine groups is 1. The van der Waals surface area contributed by atoms with E-state index in [1.165, 1.54) is 19.1 Å². The number of nitrogens with one attached hydrogen (secondary N) is 1. The maximum Gasteiger partial charge on any atom is 0.260 e. The Labute approximate surface area is 295 Å². The third-order valence-electron chi connectivity index (χ3n) is 11.2. The molecule has 2 aliphatic carbocycles. The third kappa shape index (κ3) is 4.69. The number of imide groups is 2. The van der Waals surface area contributed by atoms with Gasteiger partial charge in [-0.25, -0.2) is 0 Å². The van der Waals surface area contributed by atoms with E-state index in [1.54, 1.807) is 36.4 Å². The molecule has 2 heterocycles. The number of hydrogen-bond acceptors (Lipinski definition) is 8. The lowest BCUT2D eigenvalue weighted by Crippen LogP contribution is -2.53. The molecule has 6 atom stereocenters. The van der Waals surface area contributed by atoms with Crippen molar-refractivity contribution in [3.8, 4) is 17.2 Å². The lowest BCUT2D eigenvalue weighted by Gasteiger charge is -2.50. The smallest absolute Gasteiger partial charge is 0.260 e. The summed E-state index contributed by atoms with van der Waals surface area (Å²) in [7, 11) is 2.86. The number of fused-ring (bicyclic) bond motifs is 4. The SMILES string of the molecule is COc1cc([C@H]2C3=CC[C@@H]4C(=O)N(c5ccccc5)C(=O)[C@@H]4[C@@H]3C[C@H]3C(=O)N(Nc4ccc(C)cc4)C(=O)[C@@]23c2ccccc2)cc(OC)c1O. The van der Waals surface area contributed by atoms with Crippen LogP contribution in [0.4, 0.5) is 11.4 Å². The molecule has 0 bridgehead atoms. The van der Waals surface area contributed by atoms with Gasteiger partial charge in [0.2, 0.25) is 17.6 Å². The highest BCUT2D eigenvalue weighted by Gasteiger charge is 2.70. The van der Waals surface area contributed by atoms with Gasteiger partial charge in [0, 0.05) is 5.92 Å². The van der Waals surface area contributed by atoms with Crippen molar-refractivity contribution in [2.24, 2.45) is 23.7 Å². The topological polar surface area (TPSA) is 125 Å². The standard InChI is InChI=1S/C41H37N3O7/c1-23-14-16-26(17-15-23)42-44-38(47)31-22-30-28(18-19-29-34(30)39(48)43(37(29)46)27-12-8-5-9-13-27)35(24-20-32(50-2)36(45)33(21-24)51-3)41(31,40(44)49)25-10-6-4-7-11-25/h4-18,20-21,29-31,34-35,42,45H,19,22H2,1-3H3/t29-,30+,31-,34-,35-,41+/m0/s1. The Morgan fingerprint density at radius 1 is 0.784 bits per heavy atom. The van der Waals surface area contributed by atoms with Crippen LogP contribution in [0.15, 0.2) is 109 Å². The number of aromatic hydroxyl groups is 1. The second-order valence-electron chi connectivity index (χ2n) is 13.7. The van der Waals surface area contributed by atoms with Gasteiger partial charge in [-0.2, -0.15) is 5.01 Å². The summed E-state index contributed by atoms with van der Waals surface area (Å²) in [6.45, 7) is 1.95. The number of nitrogens with zero attached hydrogens (tertiary/aromatic N) is 2. The number of methoxy groups -OCH3 is 2. The number of allylic oxidation sites excluding steroid dienone is 2. The van der Waals surface area contributed by atoms with Crippen molar-refractivity contribution in [2.45, 2.75) is 31.1 Å². The highest BCUT2D eigenvalue weighted by molar-refractivity contribution is 6.22. The zero-order chi connectivity index (χ0) is 35.6. The number of amides is 4. The molecule has 0 spiro atoms. The third-order valence-corrected chi connectivity index (χ3v) is 11.2. The van der Waals surface area contributed by atoms with Crippen LogP contribution in [0, 0.1) is 30.6 Å². The Kier molecular flexibility index (Phi) is 7.70. The first-order chi connectivity index (χ1) is 24.7. The summed E-state index contributed by atoms with van der Waals surface area (Å²) in [6.07, 6.45) is 2.45. The highest BCUT2D eigenvalue weighted by atomic mass is 16.5. The fourth-order valence-corrected chi connectivity index (χ4v) is 9.03. The van der Waals surface area contributed by atoms with Crippen molar-refractivity contribution in [2.75, 3.05) is 24.5 Å². The van der Waals surface area contributed by atoms with Crippen LogP contribution < -0.4 is 19.8 Å². The predicted molar refractivity (Wildman–Crippen MR) is 189 cm³/mol. The molecule has 10 heteroatoms. The van der Waals surface area contributed by atoms with Gasteiger partial charge in [-0.15, -0.1) is 0 Å². The Morgan fingerprint density at radius 3 is 2.04 bits per heavy atom. The number of anilines is 2. The number of carbonyl (C=O) groups is 4. The van der Waals surface area contributed by atoms with Crippen LogP contribution in [0.25, 0.3) is 0 Å². The molecule has 4 aromatic rings. The molecule has 51 heavy (non-hydrogen) atoms. The first-order valence-corrected chi connectivity index (χ1v) is 17.1. The van der Waals surface area contributed by atoms with Crippen molar-refractivity contribution in [3.05, 3.63) is 125 Å². The van der Waals surface area contributed by atoms with Gasteiger partial charge in [0.25, 0.3) is 11.8 Å². The normalized spacial score (nSPS) is 26.7. The number of aryl methyl sites for hydroxylation is 1. The molecule has 2 N–H and O–H groups in total. The van der Waals surface area contributed by atoms with Crippen LogP contribution >= 0.6 is 0 Å². The van der Waals surface area contributed by atoms with E-state index in [0.717, 1.165) is 16.1 Å². The highest BCUT2D eigenvalue weighted by Crippen LogP contribution is 2.65. The van der Waals surface area contributed by atoms with Crippen LogP contribution in [0.3, 0.4) is 0 Å². The molecule has 0 aromatic heterocycles. The lowest BCUT2D eigenvalue weighted by atomic mass is 9.49. The monoisotopic (exact) mass is 683 g/mol. The summed E-state index contributed by atoms with van der Waals surface area (Å²) in [5.41, 5.74) is 5.74. The van der Waals surface area contributed by atoms with E-state index in [4.69, 9.17) is 9.47 Å². The van der Waals surface area contributed by atoms with E-state index in [2.05, 4.69) is 5.43 Å². The zero-order valence-electron chi connectivity index (χ0n) is 28.4. The summed E-state index contributed by atoms with van der Waals surface area (Å²) in [5.74, 6) is -5.01. The van der Waals surface area contributed by atoms with Crippen LogP contribution in [-0.4, -0.2) is 48.0 Å². The zero-order valence-corrected chi connectivity index (χ0v) is 28.4. The molecule has 4 amide bonds. The largest absolute Gasteiger partial charge is 0.502 e. The molecule has 8 rings (SSSR count). The maximum absolute atomic E-state index is 15.3. The van der Waals surface area contributed by atoms with Crippen molar-refractivity contribution in [1.29, 1.82) is 0 Å². The summed E-state index contributed by atoms with van der Waals surface area (Å²) in [4.78, 5) is 59.9. The molecule has 258 valence electrons. The number of para-hydroxylation sites is 1. The van der Waals surface area contributed by atoms with Crippen molar-refractivity contribution in [1.82, 2.24) is 5.01 Å². The van der Waals surface area contributed by atoms with Gasteiger partial charge in [-0.3, -0.25) is 29.5 Å². The van der Waals surface area contributed by atoms with Gasteiger partial charge in [-0.05, 0) is 73.2 Å². The van der Waals surface area contributed by atoms with Crippen LogP contribution in [0.1, 0.15) is 35.4 Å². The molecule has 2 aliphatic heterocycles. The van der Waals surface area contributed by atoms with E-state index >= 15 is 4.79 Å². The fraction of sp³-hybridized carbons (Fsp3) is 0.268. The number of ether oxygens (including phenoxy) is 2. The minimum absolute atomic E-state index is 0.134. The van der Waals surface area contributed by atoms with E-state index in [1.807, 2.05) is 73.7 Å². The fourth-order valence-electron chi connectivity index (χ4n) is 9.03. The van der Waals surface area contributed by atoms with E-state index in [9.17, 15) is 19.5 Å². The molecular weight excluding hydrogens is 646 g/mol. The molecule has 4 aromatic carbocycles. The average Bonchev–Trinajstić information content (AvgIpc) is 3.54. The number of phenols is 1. The molecule has 0 unspecified atom stereocenters. The Balaban J connectivity index is 1.35. The van der Waals surface area contributed by atoms with Crippen molar-refractivity contribution in [3.63, 3.8) is 0 Å². The molecule has 0 radical (unpaired) electrons. The molecule has 2 saturated heterocycles. The van der Waals surface area contributed by atoms with Crippen LogP contribution in [0.2, 0.25) is 0 Å². The Bertz CT molecular complexity index is 2070. The number of benzene rings is 4. The molecule has 10 nitrogen and oxygen atoms in total. The van der Waals surface area contributed by atoms with Crippen molar-refractivity contribution < 1.29 is 33.8 Å². The number of hydrogen-bond donors (Lipinski definition) is 2. The van der Waals surface area contributed by atoms with Gasteiger partial charge in [-0.1, -0.05) is 77.9 Å². The molecule has 4 aliphatic rings. The van der Waals surface area contributed by atoms with Crippen LogP contribution in [-0.2, 0) is 24.6 Å². The quantitative estimate of drug-likeness (QED) is 0.182. The molecule has 1 saturated carbocycles. The van der Waals surface area contributed by atoms with E-state index < -0.39 is 46.8 Å². The summed E-state index contributed by atoms with van der Waals surface area (Å²) >= 11 is 0. The molecular formula is C41H37N3O7. The summed E-state index contributed by atoms with van der Waals surface area (Å²) in [5, 5.41) is 12.1. The first-order valence-electron chi connectivity index (χ1n) is 17.1. The second-order valence-corrected chi connectivity index (χ2v) is 13.7. The minimum atomic E-state index is -1.47. The van der Waals surface area contributed by atoms with Gasteiger partial charge >= 0.3 is 0 Å². The first kappa shape index (κ1) is 32.3. The number of rotatable bonds is 7. The number of phenolic OH excluding ortho intramolecular Hbond substituents is 1. The van der Waals surface area contributed by atoms with Gasteiger partial charge in [0.1, 0.15) is 0 Å². The van der Waals surface area contributed by atoms with Gasteiger partial charge in [0.15, 0.2) is 11.5 Å². The second kappa shape index (κ2) is 12.2. The van der Waals surface area contributed by atoms with E-state index in [-0.39, 0.29) is 41.9 Å². The van der Waals surface area contributed by atoms with Crippen molar-refractivity contribution >= 4 is 35.0 Å². The predicted octanol–water partition coefficient (Wildman–Crippen LogP) is 5.91. The average molecular weight is 684 g/mol.